The van der Waals surface area contributed by atoms with E-state index in [0.717, 1.165) is 12.3 Å². The molecule has 1 aromatic carbocycles. The monoisotopic (exact) mass is 508 g/mol. The van der Waals surface area contributed by atoms with Crippen LogP contribution in [-0.2, 0) is 10.0 Å². The minimum Gasteiger partial charge on any atom is -0.404 e. The van der Waals surface area contributed by atoms with E-state index in [0.29, 0.717) is 19.5 Å². The summed E-state index contributed by atoms with van der Waals surface area (Å²) in [5.41, 5.74) is 5.74. The van der Waals surface area contributed by atoms with Crippen LogP contribution in [0.2, 0.25) is 0 Å². The molecule has 0 saturated carbocycles. The number of hydrogen-bond acceptors (Lipinski definition) is 4. The molecule has 1 fully saturated rings. The van der Waals surface area contributed by atoms with Gasteiger partial charge in [-0.15, -0.1) is 37.1 Å². The summed E-state index contributed by atoms with van der Waals surface area (Å²) in [5, 5.41) is 2.57. The molecular formula is C14H20F3IN4O3S. The summed E-state index contributed by atoms with van der Waals surface area (Å²) >= 11 is 0. The molecule has 1 heterocycles. The third kappa shape index (κ3) is 7.15. The summed E-state index contributed by atoms with van der Waals surface area (Å²) in [4.78, 5) is 4.08. The third-order valence-corrected chi connectivity index (χ3v) is 4.88. The van der Waals surface area contributed by atoms with E-state index in [4.69, 9.17) is 5.73 Å². The number of nitrogens with one attached hydrogen (secondary N) is 1. The zero-order valence-corrected chi connectivity index (χ0v) is 17.0. The van der Waals surface area contributed by atoms with Crippen molar-refractivity contribution in [3.05, 3.63) is 24.3 Å². The first-order valence-electron chi connectivity index (χ1n) is 7.41. The van der Waals surface area contributed by atoms with Crippen LogP contribution < -0.4 is 15.8 Å². The minimum atomic E-state index is -4.82. The van der Waals surface area contributed by atoms with Crippen LogP contribution in [0.5, 0.6) is 5.75 Å². The largest absolute Gasteiger partial charge is 0.573 e. The maximum absolute atomic E-state index is 12.4. The van der Waals surface area contributed by atoms with Gasteiger partial charge in [-0.25, -0.2) is 12.7 Å². The second-order valence-corrected chi connectivity index (χ2v) is 7.65. The second-order valence-electron chi connectivity index (χ2n) is 5.67. The first-order valence-corrected chi connectivity index (χ1v) is 9.26. The zero-order valence-electron chi connectivity index (χ0n) is 13.9. The standard InChI is InChI=1S/C14H19F3N4O3S.HI/c1-25(22,23)21-7-6-10(9-21)8-19-13(18)20-11-4-2-3-5-12(11)24-14(15,16)17;/h2-5,10H,6-9H2,1H3,(H3,18,19,20);1H. The molecule has 0 amide bonds. The molecule has 0 aromatic heterocycles. The van der Waals surface area contributed by atoms with E-state index in [1.54, 1.807) is 0 Å². The first-order chi connectivity index (χ1) is 11.5. The topological polar surface area (TPSA) is 97.0 Å². The molecule has 0 aliphatic carbocycles. The van der Waals surface area contributed by atoms with Gasteiger partial charge >= 0.3 is 6.36 Å². The lowest BCUT2D eigenvalue weighted by Gasteiger charge is -2.14. The van der Waals surface area contributed by atoms with Gasteiger partial charge in [-0.1, -0.05) is 12.1 Å². The van der Waals surface area contributed by atoms with Crippen LogP contribution in [-0.4, -0.2) is 50.9 Å². The SMILES string of the molecule is CS(=O)(=O)N1CCC(CN=C(N)Nc2ccccc2OC(F)(F)F)C1.I. The van der Waals surface area contributed by atoms with Crippen molar-refractivity contribution in [1.82, 2.24) is 4.31 Å². The molecule has 0 bridgehead atoms. The van der Waals surface area contributed by atoms with E-state index in [1.807, 2.05) is 0 Å². The predicted octanol–water partition coefficient (Wildman–Crippen LogP) is 2.21. The molecule has 148 valence electrons. The van der Waals surface area contributed by atoms with Gasteiger partial charge in [0.2, 0.25) is 10.0 Å². The summed E-state index contributed by atoms with van der Waals surface area (Å²) in [6.07, 6.45) is -3.02. The fraction of sp³-hybridized carbons (Fsp3) is 0.500. The molecule has 12 heteroatoms. The van der Waals surface area contributed by atoms with E-state index >= 15 is 0 Å². The van der Waals surface area contributed by atoms with Gasteiger partial charge in [0.1, 0.15) is 0 Å². The van der Waals surface area contributed by atoms with Crippen molar-refractivity contribution in [1.29, 1.82) is 0 Å². The number of benzene rings is 1. The average Bonchev–Trinajstić information content (AvgIpc) is 2.95. The van der Waals surface area contributed by atoms with Crippen LogP contribution in [0, 0.1) is 5.92 Å². The Morgan fingerprint density at radius 1 is 1.42 bits per heavy atom. The maximum atomic E-state index is 12.4. The molecule has 1 atom stereocenters. The fourth-order valence-electron chi connectivity index (χ4n) is 2.44. The summed E-state index contributed by atoms with van der Waals surface area (Å²) in [7, 11) is -3.23. The van der Waals surface area contributed by atoms with Gasteiger partial charge in [0, 0.05) is 19.6 Å². The van der Waals surface area contributed by atoms with Crippen molar-refractivity contribution in [3.8, 4) is 5.75 Å². The molecule has 1 unspecified atom stereocenters. The lowest BCUT2D eigenvalue weighted by molar-refractivity contribution is -0.274. The normalized spacial score (nSPS) is 19.1. The van der Waals surface area contributed by atoms with Gasteiger partial charge in [-0.05, 0) is 24.5 Å². The number of alkyl halides is 3. The van der Waals surface area contributed by atoms with Crippen molar-refractivity contribution < 1.29 is 26.3 Å². The molecule has 1 aliphatic heterocycles. The quantitative estimate of drug-likeness (QED) is 0.361. The number of guanidine groups is 1. The van der Waals surface area contributed by atoms with E-state index in [-0.39, 0.29) is 48.1 Å². The van der Waals surface area contributed by atoms with Gasteiger partial charge < -0.3 is 15.8 Å². The molecule has 3 N–H and O–H groups in total. The number of aliphatic imine (C=N–C) groups is 1. The van der Waals surface area contributed by atoms with Gasteiger partial charge in [0.05, 0.1) is 11.9 Å². The molecule has 7 nitrogen and oxygen atoms in total. The number of nitrogens with zero attached hydrogens (tertiary/aromatic N) is 2. The number of anilines is 1. The summed E-state index contributed by atoms with van der Waals surface area (Å²) in [5.74, 6) is -0.481. The highest BCUT2D eigenvalue weighted by molar-refractivity contribution is 14.0. The van der Waals surface area contributed by atoms with Crippen molar-refractivity contribution in [2.24, 2.45) is 16.6 Å². The molecule has 0 radical (unpaired) electrons. The molecular weight excluding hydrogens is 488 g/mol. The zero-order chi connectivity index (χ0) is 18.7. The van der Waals surface area contributed by atoms with Crippen LogP contribution in [0.1, 0.15) is 6.42 Å². The third-order valence-electron chi connectivity index (χ3n) is 3.61. The summed E-state index contributed by atoms with van der Waals surface area (Å²) < 4.78 is 65.3. The summed E-state index contributed by atoms with van der Waals surface area (Å²) in [6.45, 7) is 1.05. The van der Waals surface area contributed by atoms with E-state index in [9.17, 15) is 21.6 Å². The number of rotatable bonds is 5. The molecule has 1 saturated heterocycles. The Balaban J connectivity index is 0.00000338. The van der Waals surface area contributed by atoms with E-state index in [2.05, 4.69) is 15.0 Å². The van der Waals surface area contributed by atoms with E-state index in [1.165, 1.54) is 22.5 Å². The highest BCUT2D eigenvalue weighted by Gasteiger charge is 2.32. The van der Waals surface area contributed by atoms with Crippen LogP contribution >= 0.6 is 24.0 Å². The summed E-state index contributed by atoms with van der Waals surface area (Å²) in [6, 6.07) is 5.46. The van der Waals surface area contributed by atoms with Crippen molar-refractivity contribution >= 4 is 45.6 Å². The predicted molar refractivity (Wildman–Crippen MR) is 103 cm³/mol. The number of para-hydroxylation sites is 2. The highest BCUT2D eigenvalue weighted by atomic mass is 127. The molecule has 0 spiro atoms. The molecule has 2 rings (SSSR count). The highest BCUT2D eigenvalue weighted by Crippen LogP contribution is 2.29. The van der Waals surface area contributed by atoms with Gasteiger partial charge in [0.25, 0.3) is 0 Å². The number of nitrogens with two attached hydrogens (primary N) is 1. The van der Waals surface area contributed by atoms with E-state index < -0.39 is 22.1 Å². The van der Waals surface area contributed by atoms with Gasteiger partial charge in [-0.2, -0.15) is 0 Å². The molecule has 1 aromatic rings. The van der Waals surface area contributed by atoms with Crippen molar-refractivity contribution in [2.45, 2.75) is 12.8 Å². The average molecular weight is 508 g/mol. The second kappa shape index (κ2) is 9.08. The van der Waals surface area contributed by atoms with Crippen molar-refractivity contribution in [3.63, 3.8) is 0 Å². The molecule has 1 aliphatic rings. The number of sulfonamides is 1. The van der Waals surface area contributed by atoms with Crippen LogP contribution in [0.3, 0.4) is 0 Å². The number of hydrogen-bond donors (Lipinski definition) is 2. The lowest BCUT2D eigenvalue weighted by Crippen LogP contribution is -2.28. The fourth-order valence-corrected chi connectivity index (χ4v) is 3.35. The van der Waals surface area contributed by atoms with Crippen LogP contribution in [0.25, 0.3) is 0 Å². The number of halogens is 4. The first kappa shape index (κ1) is 22.8. The smallest absolute Gasteiger partial charge is 0.404 e. The Bertz CT molecular complexity index is 743. The molecule has 26 heavy (non-hydrogen) atoms. The van der Waals surface area contributed by atoms with Gasteiger partial charge in [-0.3, -0.25) is 4.99 Å². The Hall–Kier alpha value is -1.28. The maximum Gasteiger partial charge on any atom is 0.573 e. The number of ether oxygens (including phenoxy) is 1. The van der Waals surface area contributed by atoms with Crippen LogP contribution in [0.15, 0.2) is 29.3 Å². The van der Waals surface area contributed by atoms with Gasteiger partial charge in [0.15, 0.2) is 11.7 Å². The lowest BCUT2D eigenvalue weighted by atomic mass is 10.1. The van der Waals surface area contributed by atoms with Crippen molar-refractivity contribution in [2.75, 3.05) is 31.2 Å². The Kier molecular flexibility index (Phi) is 7.95. The Morgan fingerprint density at radius 3 is 2.65 bits per heavy atom. The Morgan fingerprint density at radius 2 is 2.08 bits per heavy atom. The Labute approximate surface area is 166 Å². The minimum absolute atomic E-state index is 0. The van der Waals surface area contributed by atoms with Crippen LogP contribution in [0.4, 0.5) is 18.9 Å².